The van der Waals surface area contributed by atoms with Crippen molar-refractivity contribution >= 4 is 16.9 Å². The van der Waals surface area contributed by atoms with E-state index in [1.807, 2.05) is 18.2 Å². The van der Waals surface area contributed by atoms with Crippen LogP contribution in [0.15, 0.2) is 9.59 Å². The molecule has 0 saturated heterocycles. The van der Waals surface area contributed by atoms with Gasteiger partial charge in [-0.05, 0) is 33.1 Å². The van der Waals surface area contributed by atoms with Gasteiger partial charge in [-0.25, -0.2) is 4.79 Å². The van der Waals surface area contributed by atoms with E-state index in [0.717, 1.165) is 36.4 Å². The molecule has 7 nitrogen and oxygen atoms in total. The van der Waals surface area contributed by atoms with Gasteiger partial charge < -0.3 is 4.57 Å². The summed E-state index contributed by atoms with van der Waals surface area (Å²) in [5, 5.41) is 0. The Kier molecular flexibility index (Phi) is 4.04. The van der Waals surface area contributed by atoms with Crippen LogP contribution >= 0.6 is 0 Å². The zero-order chi connectivity index (χ0) is 18.6. The van der Waals surface area contributed by atoms with E-state index in [2.05, 4.69) is 11.5 Å². The van der Waals surface area contributed by atoms with Gasteiger partial charge in [0.1, 0.15) is 0 Å². The molecule has 0 radical (unpaired) electrons. The highest BCUT2D eigenvalue weighted by Gasteiger charge is 2.26. The van der Waals surface area contributed by atoms with Crippen LogP contribution in [0.3, 0.4) is 0 Å². The summed E-state index contributed by atoms with van der Waals surface area (Å²) in [5.74, 6) is 0.795. The van der Waals surface area contributed by atoms with E-state index in [4.69, 9.17) is 4.98 Å². The number of aryl methyl sites for hydroxylation is 2. The number of hydrogen-bond acceptors (Lipinski definition) is 3. The smallest absolute Gasteiger partial charge is 0.311 e. The van der Waals surface area contributed by atoms with Crippen LogP contribution in [0.25, 0.3) is 16.9 Å². The van der Waals surface area contributed by atoms with E-state index in [1.165, 1.54) is 28.4 Å². The van der Waals surface area contributed by atoms with Crippen LogP contribution in [0.5, 0.6) is 0 Å². The third kappa shape index (κ3) is 2.22. The van der Waals surface area contributed by atoms with Crippen molar-refractivity contribution in [2.75, 3.05) is 0 Å². The molecular formula is C19H27N5O2. The van der Waals surface area contributed by atoms with Crippen LogP contribution in [-0.2, 0) is 13.6 Å². The molecule has 1 saturated carbocycles. The van der Waals surface area contributed by atoms with E-state index in [-0.39, 0.29) is 11.2 Å². The molecule has 7 heteroatoms. The number of aromatic nitrogens is 5. The second kappa shape index (κ2) is 6.14. The third-order valence-electron chi connectivity index (χ3n) is 5.95. The van der Waals surface area contributed by atoms with Crippen molar-refractivity contribution in [3.63, 3.8) is 0 Å². The number of hydrogen-bond donors (Lipinski definition) is 0. The zero-order valence-corrected chi connectivity index (χ0v) is 16.1. The minimum absolute atomic E-state index is 0.235. The molecule has 26 heavy (non-hydrogen) atoms. The maximum Gasteiger partial charge on any atom is 0.332 e. The molecule has 3 aromatic rings. The van der Waals surface area contributed by atoms with Gasteiger partial charge in [0.2, 0.25) is 5.78 Å². The Bertz CT molecular complexity index is 1110. The molecular weight excluding hydrogens is 330 g/mol. The summed E-state index contributed by atoms with van der Waals surface area (Å²) >= 11 is 0. The average molecular weight is 357 g/mol. The van der Waals surface area contributed by atoms with Gasteiger partial charge in [0.25, 0.3) is 5.56 Å². The first-order valence-electron chi connectivity index (χ1n) is 9.66. The first kappa shape index (κ1) is 17.1. The normalized spacial score (nSPS) is 16.2. The molecule has 0 atom stereocenters. The SMILES string of the molecule is CCCn1c(=O)c2c(nc3n(C4CCCCC4)c(C)c(C)n23)n(C)c1=O. The number of imidazole rings is 2. The molecule has 0 unspecified atom stereocenters. The highest BCUT2D eigenvalue weighted by atomic mass is 16.2. The molecule has 0 N–H and O–H groups in total. The van der Waals surface area contributed by atoms with Crippen molar-refractivity contribution in [1.82, 2.24) is 23.1 Å². The minimum Gasteiger partial charge on any atom is -0.311 e. The molecule has 1 fully saturated rings. The predicted molar refractivity (Wildman–Crippen MR) is 102 cm³/mol. The summed E-state index contributed by atoms with van der Waals surface area (Å²) in [6.07, 6.45) is 6.78. The first-order chi connectivity index (χ1) is 12.5. The van der Waals surface area contributed by atoms with Gasteiger partial charge in [-0.3, -0.25) is 18.3 Å². The second-order valence-corrected chi connectivity index (χ2v) is 7.55. The van der Waals surface area contributed by atoms with Crippen molar-refractivity contribution in [2.24, 2.45) is 7.05 Å². The van der Waals surface area contributed by atoms with Gasteiger partial charge >= 0.3 is 5.69 Å². The van der Waals surface area contributed by atoms with Crippen LogP contribution in [-0.4, -0.2) is 23.1 Å². The Morgan fingerprint density at radius 2 is 1.77 bits per heavy atom. The first-order valence-corrected chi connectivity index (χ1v) is 9.66. The largest absolute Gasteiger partial charge is 0.332 e. The molecule has 140 valence electrons. The quantitative estimate of drug-likeness (QED) is 0.724. The number of fused-ring (bicyclic) bond motifs is 3. The Morgan fingerprint density at radius 1 is 1.08 bits per heavy atom. The standard InChI is InChI=1S/C19H27N5O2/c1-5-11-22-17(25)15-16(21(4)19(22)26)20-18-23(12(2)13(3)24(15)18)14-9-7-6-8-10-14/h14H,5-11H2,1-4H3. The lowest BCUT2D eigenvalue weighted by molar-refractivity contribution is 0.355. The topological polar surface area (TPSA) is 66.2 Å². The third-order valence-corrected chi connectivity index (χ3v) is 5.95. The van der Waals surface area contributed by atoms with Crippen molar-refractivity contribution in [1.29, 1.82) is 0 Å². The lowest BCUT2D eigenvalue weighted by atomic mass is 9.95. The number of nitrogens with zero attached hydrogens (tertiary/aromatic N) is 5. The van der Waals surface area contributed by atoms with Crippen LogP contribution in [0, 0.1) is 13.8 Å². The average Bonchev–Trinajstić information content (AvgIpc) is 3.14. The minimum atomic E-state index is -0.288. The van der Waals surface area contributed by atoms with Gasteiger partial charge in [-0.1, -0.05) is 26.2 Å². The molecule has 3 heterocycles. The van der Waals surface area contributed by atoms with E-state index in [9.17, 15) is 9.59 Å². The monoisotopic (exact) mass is 357 g/mol. The summed E-state index contributed by atoms with van der Waals surface area (Å²) in [7, 11) is 1.70. The van der Waals surface area contributed by atoms with Crippen molar-refractivity contribution in [3.05, 3.63) is 32.2 Å². The molecule has 4 rings (SSSR count). The van der Waals surface area contributed by atoms with E-state index >= 15 is 0 Å². The maximum absolute atomic E-state index is 13.1. The highest BCUT2D eigenvalue weighted by Crippen LogP contribution is 2.33. The summed E-state index contributed by atoms with van der Waals surface area (Å²) < 4.78 is 7.11. The van der Waals surface area contributed by atoms with Crippen LogP contribution < -0.4 is 11.2 Å². The van der Waals surface area contributed by atoms with Crippen molar-refractivity contribution < 1.29 is 0 Å². The fourth-order valence-electron chi connectivity index (χ4n) is 4.47. The maximum atomic E-state index is 13.1. The lowest BCUT2D eigenvalue weighted by Gasteiger charge is -2.24. The fourth-order valence-corrected chi connectivity index (χ4v) is 4.47. The highest BCUT2D eigenvalue weighted by molar-refractivity contribution is 5.76. The van der Waals surface area contributed by atoms with E-state index < -0.39 is 0 Å². The molecule has 0 aromatic carbocycles. The van der Waals surface area contributed by atoms with E-state index in [1.54, 1.807) is 7.05 Å². The molecule has 1 aliphatic carbocycles. The summed E-state index contributed by atoms with van der Waals surface area (Å²) in [6, 6.07) is 0.423. The fraction of sp³-hybridized carbons (Fsp3) is 0.632. The Morgan fingerprint density at radius 3 is 2.42 bits per heavy atom. The van der Waals surface area contributed by atoms with Gasteiger partial charge in [0.05, 0.1) is 0 Å². The van der Waals surface area contributed by atoms with E-state index in [0.29, 0.717) is 23.8 Å². The Balaban J connectivity index is 2.11. The molecule has 0 spiro atoms. The summed E-state index contributed by atoms with van der Waals surface area (Å²) in [4.78, 5) is 30.5. The molecule has 0 bridgehead atoms. The molecule has 3 aromatic heterocycles. The van der Waals surface area contributed by atoms with Gasteiger partial charge in [-0.2, -0.15) is 4.98 Å². The predicted octanol–water partition coefficient (Wildman–Crippen LogP) is 2.68. The second-order valence-electron chi connectivity index (χ2n) is 7.55. The molecule has 0 aliphatic heterocycles. The molecule has 0 amide bonds. The molecule has 1 aliphatic rings. The van der Waals surface area contributed by atoms with Crippen molar-refractivity contribution in [2.45, 2.75) is 71.9 Å². The number of rotatable bonds is 3. The lowest BCUT2D eigenvalue weighted by Crippen LogP contribution is -2.39. The summed E-state index contributed by atoms with van der Waals surface area (Å²) in [6.45, 7) is 6.54. The van der Waals surface area contributed by atoms with Crippen LogP contribution in [0.1, 0.15) is 62.9 Å². The van der Waals surface area contributed by atoms with Crippen LogP contribution in [0.4, 0.5) is 0 Å². The Hall–Kier alpha value is -2.31. The van der Waals surface area contributed by atoms with Gasteiger partial charge in [0.15, 0.2) is 11.2 Å². The van der Waals surface area contributed by atoms with Gasteiger partial charge in [0, 0.05) is 31.0 Å². The Labute approximate surface area is 151 Å². The van der Waals surface area contributed by atoms with Gasteiger partial charge in [-0.15, -0.1) is 0 Å². The zero-order valence-electron chi connectivity index (χ0n) is 16.1. The van der Waals surface area contributed by atoms with Crippen LogP contribution in [0.2, 0.25) is 0 Å². The summed E-state index contributed by atoms with van der Waals surface area (Å²) in [5.41, 5.74) is 2.68. The van der Waals surface area contributed by atoms with Crippen molar-refractivity contribution in [3.8, 4) is 0 Å².